The molecule has 1 aliphatic rings. The van der Waals surface area contributed by atoms with Gasteiger partial charge >= 0.3 is 74.6 Å². The molecule has 0 aromatic rings. The van der Waals surface area contributed by atoms with Crippen LogP contribution in [0.5, 0.6) is 0 Å². The largest absolute Gasteiger partial charge is 1.00 e. The smallest absolute Gasteiger partial charge is 1.00 e. The molecule has 3 heteroatoms. The molecule has 0 spiro atoms. The van der Waals surface area contributed by atoms with Crippen molar-refractivity contribution in [2.75, 3.05) is 0 Å². The number of hydrogen-bond donors (Lipinski definition) is 0. The maximum atomic E-state index is 2.25. The molecule has 0 heterocycles. The molecule has 0 unspecified atom stereocenters. The topological polar surface area (TPSA) is 0 Å². The zero-order valence-electron chi connectivity index (χ0n) is 7.67. The number of allylic oxidation sites excluding steroid dienone is 4. The van der Waals surface area contributed by atoms with Gasteiger partial charge in [0.2, 0.25) is 0 Å². The standard InChI is InChI=1S/C9H13.2ClH.Ti/c1-6-5-7(2)9(4)8(6)3;;;/h3,5H2,1-2,4H3;2*1H;/q;;;+2/p-2. The van der Waals surface area contributed by atoms with Gasteiger partial charge in [-0.25, -0.2) is 0 Å². The molecule has 0 saturated heterocycles. The average molecular weight is 240 g/mol. The maximum Gasteiger partial charge on any atom is -1.00 e. The molecule has 1 rings (SSSR count). The maximum absolute atomic E-state index is 2.25. The third kappa shape index (κ3) is 2.92. The summed E-state index contributed by atoms with van der Waals surface area (Å²) in [7, 11) is 0. The van der Waals surface area contributed by atoms with E-state index in [1.54, 1.807) is 22.3 Å². The van der Waals surface area contributed by atoms with E-state index in [1.165, 1.54) is 11.1 Å². The molecule has 0 fully saturated rings. The van der Waals surface area contributed by atoms with Gasteiger partial charge in [-0.1, -0.05) is 0 Å². The molecule has 0 aliphatic heterocycles. The molecule has 0 aromatic heterocycles. The first-order valence-electron chi connectivity index (χ1n) is 3.66. The molecule has 0 nitrogen and oxygen atoms in total. The molecule has 0 saturated carbocycles. The van der Waals surface area contributed by atoms with Crippen molar-refractivity contribution in [3.05, 3.63) is 22.3 Å². The fourth-order valence-corrected chi connectivity index (χ4v) is 2.38. The van der Waals surface area contributed by atoms with Gasteiger partial charge in [0.25, 0.3) is 0 Å². The molecule has 0 radical (unpaired) electrons. The van der Waals surface area contributed by atoms with Gasteiger partial charge in [0.1, 0.15) is 0 Å². The van der Waals surface area contributed by atoms with Gasteiger partial charge in [0.05, 0.1) is 0 Å². The molecular formula is C9H13Cl2Ti. The first kappa shape index (κ1) is 15.3. The Morgan fingerprint density at radius 1 is 1.08 bits per heavy atom. The normalized spacial score (nSPS) is 16.1. The van der Waals surface area contributed by atoms with Crippen molar-refractivity contribution in [3.63, 3.8) is 0 Å². The zero-order valence-corrected chi connectivity index (χ0v) is 10.7. The average Bonchev–Trinajstić information content (AvgIpc) is 2.09. The van der Waals surface area contributed by atoms with Crippen molar-refractivity contribution in [2.45, 2.75) is 31.9 Å². The van der Waals surface area contributed by atoms with Gasteiger partial charge < -0.3 is 24.8 Å². The molecule has 0 atom stereocenters. The van der Waals surface area contributed by atoms with Crippen LogP contribution in [-0.2, 0) is 20.4 Å². The van der Waals surface area contributed by atoms with E-state index in [2.05, 4.69) is 41.2 Å². The summed E-state index contributed by atoms with van der Waals surface area (Å²) < 4.78 is 1.20. The summed E-state index contributed by atoms with van der Waals surface area (Å²) in [6.07, 6.45) is 1.22. The minimum absolute atomic E-state index is 0. The van der Waals surface area contributed by atoms with Crippen LogP contribution in [0.4, 0.5) is 0 Å². The summed E-state index contributed by atoms with van der Waals surface area (Å²) in [4.78, 5) is 0. The summed E-state index contributed by atoms with van der Waals surface area (Å²) in [6, 6.07) is 0. The van der Waals surface area contributed by atoms with E-state index in [4.69, 9.17) is 0 Å². The summed E-state index contributed by atoms with van der Waals surface area (Å²) in [6.45, 7) is 6.73. The minimum Gasteiger partial charge on any atom is -1.00 e. The Bertz CT molecular complexity index is 217. The Hall–Kier alpha value is 0.774. The van der Waals surface area contributed by atoms with Crippen LogP contribution in [0.1, 0.15) is 27.2 Å². The Morgan fingerprint density at radius 2 is 1.58 bits per heavy atom. The van der Waals surface area contributed by atoms with E-state index in [1.807, 2.05) is 0 Å². The van der Waals surface area contributed by atoms with Gasteiger partial charge in [0, 0.05) is 0 Å². The fourth-order valence-electron chi connectivity index (χ4n) is 1.50. The summed E-state index contributed by atoms with van der Waals surface area (Å²) in [5.74, 6) is 0. The minimum atomic E-state index is 0. The van der Waals surface area contributed by atoms with Crippen molar-refractivity contribution in [3.8, 4) is 0 Å². The number of rotatable bonds is 1. The van der Waals surface area contributed by atoms with E-state index in [0.717, 1.165) is 0 Å². The monoisotopic (exact) mass is 239 g/mol. The SMILES string of the molecule is CC1=C(C)C([CH2][Ti+2])=C(C)C1.[Cl-].[Cl-]. The summed E-state index contributed by atoms with van der Waals surface area (Å²) in [5.41, 5.74) is 6.28. The molecule has 0 aromatic carbocycles. The fraction of sp³-hybridized carbons (Fsp3) is 0.556. The number of hydrogen-bond acceptors (Lipinski definition) is 0. The van der Waals surface area contributed by atoms with E-state index in [9.17, 15) is 0 Å². The predicted octanol–water partition coefficient (Wildman–Crippen LogP) is -2.98. The molecule has 12 heavy (non-hydrogen) atoms. The Kier molecular flexibility index (Phi) is 7.96. The first-order chi connectivity index (χ1) is 4.66. The molecular weight excluding hydrogens is 227 g/mol. The van der Waals surface area contributed by atoms with Crippen LogP contribution in [0.15, 0.2) is 22.3 Å². The third-order valence-corrected chi connectivity index (χ3v) is 2.87. The third-order valence-electron chi connectivity index (χ3n) is 2.32. The van der Waals surface area contributed by atoms with Gasteiger partial charge in [-0.05, 0) is 0 Å². The van der Waals surface area contributed by atoms with Crippen molar-refractivity contribution >= 4 is 0 Å². The van der Waals surface area contributed by atoms with Crippen LogP contribution >= 0.6 is 0 Å². The second-order valence-corrected chi connectivity index (χ2v) is 3.57. The predicted molar refractivity (Wildman–Crippen MR) is 40.5 cm³/mol. The Morgan fingerprint density at radius 3 is 1.75 bits per heavy atom. The first-order valence-corrected chi connectivity index (χ1v) is 4.77. The van der Waals surface area contributed by atoms with Crippen molar-refractivity contribution < 1.29 is 45.2 Å². The Labute approximate surface area is 99.1 Å². The van der Waals surface area contributed by atoms with E-state index in [-0.39, 0.29) is 24.8 Å². The van der Waals surface area contributed by atoms with Crippen LogP contribution in [0.2, 0.25) is 4.73 Å². The van der Waals surface area contributed by atoms with Gasteiger partial charge in [-0.3, -0.25) is 0 Å². The van der Waals surface area contributed by atoms with E-state index < -0.39 is 0 Å². The zero-order chi connectivity index (χ0) is 7.72. The number of halogens is 2. The molecule has 67 valence electrons. The molecule has 1 aliphatic carbocycles. The van der Waals surface area contributed by atoms with Crippen LogP contribution in [0, 0.1) is 0 Å². The van der Waals surface area contributed by atoms with Crippen molar-refractivity contribution in [1.29, 1.82) is 0 Å². The second kappa shape index (κ2) is 6.26. The van der Waals surface area contributed by atoms with Crippen molar-refractivity contribution in [2.24, 2.45) is 0 Å². The van der Waals surface area contributed by atoms with Crippen LogP contribution in [0.3, 0.4) is 0 Å². The summed E-state index contributed by atoms with van der Waals surface area (Å²) in [5, 5.41) is 0. The Balaban J connectivity index is 0. The van der Waals surface area contributed by atoms with Gasteiger partial charge in [0.15, 0.2) is 0 Å². The van der Waals surface area contributed by atoms with Crippen LogP contribution in [0.25, 0.3) is 0 Å². The van der Waals surface area contributed by atoms with Crippen LogP contribution in [-0.4, -0.2) is 0 Å². The van der Waals surface area contributed by atoms with Crippen molar-refractivity contribution in [1.82, 2.24) is 0 Å². The molecule has 0 N–H and O–H groups in total. The molecule has 0 amide bonds. The second-order valence-electron chi connectivity index (χ2n) is 3.02. The molecule has 0 bridgehead atoms. The van der Waals surface area contributed by atoms with Gasteiger partial charge in [-0.2, -0.15) is 0 Å². The quantitative estimate of drug-likeness (QED) is 0.429. The van der Waals surface area contributed by atoms with E-state index in [0.29, 0.717) is 0 Å². The van der Waals surface area contributed by atoms with E-state index >= 15 is 0 Å². The van der Waals surface area contributed by atoms with Crippen LogP contribution < -0.4 is 24.8 Å². The van der Waals surface area contributed by atoms with Gasteiger partial charge in [-0.15, -0.1) is 0 Å². The summed E-state index contributed by atoms with van der Waals surface area (Å²) >= 11 is 2.24.